The number of hydrogen-bond acceptors (Lipinski definition) is 4. The Labute approximate surface area is 220 Å². The average molecular weight is 503 g/mol. The second-order valence-electron chi connectivity index (χ2n) is 16.2. The van der Waals surface area contributed by atoms with Gasteiger partial charge in [0.05, 0.1) is 11.7 Å². The lowest BCUT2D eigenvalue weighted by Gasteiger charge is -2.74. The van der Waals surface area contributed by atoms with Crippen LogP contribution in [-0.4, -0.2) is 34.0 Å². The molecular weight excluding hydrogens is 448 g/mol. The quantitative estimate of drug-likeness (QED) is 0.409. The molecule has 0 heterocycles. The van der Waals surface area contributed by atoms with Crippen molar-refractivity contribution in [1.82, 2.24) is 0 Å². The maximum atomic E-state index is 12.1. The number of esters is 1. The number of aliphatic hydroxyl groups is 2. The number of carbonyl (C=O) groups excluding carboxylic acids is 1. The van der Waals surface area contributed by atoms with Gasteiger partial charge in [-0.3, -0.25) is 4.79 Å². The molecule has 0 radical (unpaired) electrons. The van der Waals surface area contributed by atoms with Crippen LogP contribution >= 0.6 is 0 Å². The molecule has 0 aromatic rings. The number of carbonyl (C=O) groups is 1. The first-order valence-electron chi connectivity index (χ1n) is 15.0. The van der Waals surface area contributed by atoms with Crippen LogP contribution in [0, 0.1) is 56.7 Å². The van der Waals surface area contributed by atoms with E-state index in [2.05, 4.69) is 41.5 Å². The summed E-state index contributed by atoms with van der Waals surface area (Å²) < 4.78 is 5.88. The van der Waals surface area contributed by atoms with Gasteiger partial charge in [0.15, 0.2) is 0 Å². The Balaban J connectivity index is 1.51. The molecule has 5 fully saturated rings. The van der Waals surface area contributed by atoms with E-state index >= 15 is 0 Å². The topological polar surface area (TPSA) is 66.8 Å². The van der Waals surface area contributed by atoms with E-state index < -0.39 is 5.60 Å². The van der Waals surface area contributed by atoms with Crippen molar-refractivity contribution in [3.63, 3.8) is 0 Å². The van der Waals surface area contributed by atoms with E-state index in [9.17, 15) is 15.0 Å². The fourth-order valence-corrected chi connectivity index (χ4v) is 12.4. The lowest BCUT2D eigenvalue weighted by molar-refractivity contribution is -0.279. The van der Waals surface area contributed by atoms with Gasteiger partial charge < -0.3 is 14.9 Å². The van der Waals surface area contributed by atoms with Crippen LogP contribution < -0.4 is 0 Å². The number of rotatable bonds is 2. The molecule has 5 aliphatic rings. The predicted octanol–water partition coefficient (Wildman–Crippen LogP) is 6.76. The Hall–Kier alpha value is -0.610. The molecular formula is C32H54O4. The zero-order valence-electron chi connectivity index (χ0n) is 24.6. The Morgan fingerprint density at radius 2 is 1.44 bits per heavy atom. The summed E-state index contributed by atoms with van der Waals surface area (Å²) >= 11 is 0. The minimum atomic E-state index is -0.653. The average Bonchev–Trinajstić information content (AvgIpc) is 3.09. The summed E-state index contributed by atoms with van der Waals surface area (Å²) in [7, 11) is 0. The van der Waals surface area contributed by atoms with Gasteiger partial charge in [-0.2, -0.15) is 0 Å². The third-order valence-corrected chi connectivity index (χ3v) is 14.1. The van der Waals surface area contributed by atoms with Crippen LogP contribution in [0.25, 0.3) is 0 Å². The van der Waals surface area contributed by atoms with Crippen molar-refractivity contribution in [2.75, 3.05) is 0 Å². The molecule has 11 atom stereocenters. The van der Waals surface area contributed by atoms with Crippen LogP contribution in [0.2, 0.25) is 0 Å². The van der Waals surface area contributed by atoms with E-state index in [4.69, 9.17) is 4.74 Å². The minimum absolute atomic E-state index is 0.0131. The Bertz CT molecular complexity index is 904. The Morgan fingerprint density at radius 1 is 0.833 bits per heavy atom. The highest BCUT2D eigenvalue weighted by molar-refractivity contribution is 5.66. The zero-order chi connectivity index (χ0) is 26.7. The third-order valence-electron chi connectivity index (χ3n) is 14.1. The monoisotopic (exact) mass is 502 g/mol. The molecule has 5 saturated carbocycles. The van der Waals surface area contributed by atoms with Crippen molar-refractivity contribution in [3.8, 4) is 0 Å². The molecule has 0 aromatic heterocycles. The first-order valence-corrected chi connectivity index (χ1v) is 15.0. The normalized spacial score (nSPS) is 54.0. The number of hydrogen-bond donors (Lipinski definition) is 2. The van der Waals surface area contributed by atoms with Crippen molar-refractivity contribution in [1.29, 1.82) is 0 Å². The fourth-order valence-electron chi connectivity index (χ4n) is 12.4. The van der Waals surface area contributed by atoms with Crippen molar-refractivity contribution in [2.45, 2.75) is 138 Å². The summed E-state index contributed by atoms with van der Waals surface area (Å²) in [5.74, 6) is 1.93. The highest BCUT2D eigenvalue weighted by atomic mass is 16.5. The van der Waals surface area contributed by atoms with E-state index in [1.165, 1.54) is 19.3 Å². The fraction of sp³-hybridized carbons (Fsp3) is 0.969. The highest BCUT2D eigenvalue weighted by Crippen LogP contribution is 2.78. The summed E-state index contributed by atoms with van der Waals surface area (Å²) in [6, 6.07) is 0. The van der Waals surface area contributed by atoms with E-state index in [0.29, 0.717) is 29.6 Å². The van der Waals surface area contributed by atoms with Crippen molar-refractivity contribution < 1.29 is 19.7 Å². The number of fused-ring (bicyclic) bond motifs is 7. The van der Waals surface area contributed by atoms with Crippen molar-refractivity contribution >= 4 is 5.97 Å². The van der Waals surface area contributed by atoms with Crippen molar-refractivity contribution in [2.24, 2.45) is 56.7 Å². The summed E-state index contributed by atoms with van der Waals surface area (Å²) in [5.41, 5.74) is -0.189. The van der Waals surface area contributed by atoms with E-state index in [0.717, 1.165) is 38.5 Å². The molecule has 0 aromatic carbocycles. The van der Waals surface area contributed by atoms with Gasteiger partial charge in [0, 0.05) is 12.3 Å². The molecule has 2 N–H and O–H groups in total. The van der Waals surface area contributed by atoms with Crippen LogP contribution in [0.3, 0.4) is 0 Å². The molecule has 4 nitrogen and oxygen atoms in total. The molecule has 0 aliphatic heterocycles. The molecule has 0 unspecified atom stereocenters. The number of aliphatic hydroxyl groups excluding tert-OH is 1. The van der Waals surface area contributed by atoms with Crippen LogP contribution in [0.15, 0.2) is 0 Å². The van der Waals surface area contributed by atoms with Gasteiger partial charge in [-0.25, -0.2) is 0 Å². The molecule has 0 amide bonds. The predicted molar refractivity (Wildman–Crippen MR) is 143 cm³/mol. The van der Waals surface area contributed by atoms with Crippen LogP contribution in [-0.2, 0) is 9.53 Å². The van der Waals surface area contributed by atoms with Gasteiger partial charge in [-0.05, 0) is 123 Å². The Morgan fingerprint density at radius 3 is 2.06 bits per heavy atom. The summed E-state index contributed by atoms with van der Waals surface area (Å²) in [6.45, 7) is 20.3. The Kier molecular flexibility index (Phi) is 5.97. The molecule has 5 aliphatic carbocycles. The zero-order valence-corrected chi connectivity index (χ0v) is 24.6. The molecule has 5 rings (SSSR count). The maximum absolute atomic E-state index is 12.1. The smallest absolute Gasteiger partial charge is 0.302 e. The molecule has 36 heavy (non-hydrogen) atoms. The van der Waals surface area contributed by atoms with Gasteiger partial charge in [0.2, 0.25) is 0 Å². The van der Waals surface area contributed by atoms with E-state index in [1.54, 1.807) is 6.92 Å². The van der Waals surface area contributed by atoms with E-state index in [-0.39, 0.29) is 45.3 Å². The van der Waals surface area contributed by atoms with Crippen molar-refractivity contribution in [3.05, 3.63) is 0 Å². The van der Waals surface area contributed by atoms with Crippen LogP contribution in [0.4, 0.5) is 0 Å². The van der Waals surface area contributed by atoms with E-state index in [1.807, 2.05) is 13.8 Å². The lowest BCUT2D eigenvalue weighted by Crippen LogP contribution is -2.70. The first kappa shape index (κ1) is 27.0. The molecule has 0 bridgehead atoms. The maximum Gasteiger partial charge on any atom is 0.302 e. The molecule has 4 heteroatoms. The molecule has 0 spiro atoms. The lowest BCUT2D eigenvalue weighted by atomic mass is 9.31. The van der Waals surface area contributed by atoms with Crippen LogP contribution in [0.5, 0.6) is 0 Å². The molecule has 0 saturated heterocycles. The van der Waals surface area contributed by atoms with Crippen LogP contribution in [0.1, 0.15) is 120 Å². The summed E-state index contributed by atoms with van der Waals surface area (Å²) in [5, 5.41) is 23.1. The summed E-state index contributed by atoms with van der Waals surface area (Å²) in [6.07, 6.45) is 9.52. The summed E-state index contributed by atoms with van der Waals surface area (Å²) in [4.78, 5) is 11.9. The third kappa shape index (κ3) is 3.34. The van der Waals surface area contributed by atoms with Gasteiger partial charge in [-0.15, -0.1) is 0 Å². The van der Waals surface area contributed by atoms with Gasteiger partial charge in [0.1, 0.15) is 6.10 Å². The second-order valence-corrected chi connectivity index (χ2v) is 16.2. The minimum Gasteiger partial charge on any atom is -0.462 e. The highest BCUT2D eigenvalue weighted by Gasteiger charge is 2.73. The number of ether oxygens (including phenoxy) is 1. The van der Waals surface area contributed by atoms with Gasteiger partial charge >= 0.3 is 5.97 Å². The van der Waals surface area contributed by atoms with Gasteiger partial charge in [0.25, 0.3) is 0 Å². The SMILES string of the molecule is CC(=O)O[C@H]1CC[C@@]2(C)[C@H](CC[C@]3(C)[C@@H]2C[C@@H](O)[C@@H]2[C@@]4(C)CC[C@H](C(C)(C)O)[C@@H]4CC[C@]23C)C1(C)C. The van der Waals surface area contributed by atoms with Gasteiger partial charge in [-0.1, -0.05) is 41.5 Å². The standard InChI is InChI=1S/C32H54O4/c1-19(33)36-25-13-15-30(7)23(27(25,2)3)12-17-31(8)24(30)18-22(34)26-29(6)14-10-20(28(4,5)35)21(29)11-16-32(26,31)9/h20-26,34-35H,10-18H2,1-9H3/t20-,21-,22+,23+,24+,25-,26+,29-,30-,31+,32+/m0/s1. The largest absolute Gasteiger partial charge is 0.462 e. The molecule has 206 valence electrons. The second kappa shape index (κ2) is 7.96. The first-order chi connectivity index (χ1) is 16.4.